The first-order chi connectivity index (χ1) is 10.0. The van der Waals surface area contributed by atoms with Crippen LogP contribution in [0.2, 0.25) is 0 Å². The van der Waals surface area contributed by atoms with Crippen molar-refractivity contribution in [2.24, 2.45) is 0 Å². The minimum atomic E-state index is -4.11. The van der Waals surface area contributed by atoms with Crippen molar-refractivity contribution in [3.05, 3.63) is 47.9 Å². The molecule has 0 spiro atoms. The van der Waals surface area contributed by atoms with E-state index in [4.69, 9.17) is 5.11 Å². The van der Waals surface area contributed by atoms with Crippen LogP contribution >= 0.6 is 0 Å². The van der Waals surface area contributed by atoms with E-state index >= 15 is 0 Å². The third-order valence-electron chi connectivity index (χ3n) is 2.34. The standard InChI is InChI=1S/C13H10FN3O3S/c14-11-9-10(3-2-8-18)5-6-12(11)21(19,20)17-13-4-1-7-15-16-13/h1,4-7,9,18H,8H2,(H,16,17). The number of nitrogens with zero attached hydrogens (tertiary/aromatic N) is 2. The lowest BCUT2D eigenvalue weighted by atomic mass is 10.2. The number of nitrogens with one attached hydrogen (secondary N) is 1. The number of benzene rings is 1. The highest BCUT2D eigenvalue weighted by molar-refractivity contribution is 7.92. The first-order valence-corrected chi connectivity index (χ1v) is 7.21. The molecular formula is C13H10FN3O3S. The number of aliphatic hydroxyl groups is 1. The zero-order chi connectivity index (χ0) is 15.3. The maximum atomic E-state index is 13.9. The van der Waals surface area contributed by atoms with Crippen LogP contribution in [0.15, 0.2) is 41.4 Å². The van der Waals surface area contributed by atoms with Gasteiger partial charge in [-0.2, -0.15) is 5.10 Å². The molecule has 6 nitrogen and oxygen atoms in total. The minimum Gasteiger partial charge on any atom is -0.384 e. The molecule has 0 aliphatic rings. The Kier molecular flexibility index (Phi) is 4.47. The summed E-state index contributed by atoms with van der Waals surface area (Å²) in [6, 6.07) is 6.30. The summed E-state index contributed by atoms with van der Waals surface area (Å²) in [6.45, 7) is -0.365. The van der Waals surface area contributed by atoms with Crippen LogP contribution in [0.4, 0.5) is 10.2 Å². The van der Waals surface area contributed by atoms with Crippen LogP contribution in [-0.4, -0.2) is 30.3 Å². The van der Waals surface area contributed by atoms with Crippen molar-refractivity contribution in [3.8, 4) is 11.8 Å². The molecule has 2 rings (SSSR count). The Morgan fingerprint density at radius 3 is 2.76 bits per heavy atom. The molecule has 0 unspecified atom stereocenters. The predicted octanol–water partition coefficient (Wildman–Crippen LogP) is 0.760. The summed E-state index contributed by atoms with van der Waals surface area (Å²) in [7, 11) is -4.11. The van der Waals surface area contributed by atoms with Crippen LogP contribution in [-0.2, 0) is 10.0 Å². The lowest BCUT2D eigenvalue weighted by Crippen LogP contribution is -2.15. The van der Waals surface area contributed by atoms with E-state index in [0.717, 1.165) is 12.1 Å². The van der Waals surface area contributed by atoms with Gasteiger partial charge in [0.15, 0.2) is 5.82 Å². The molecule has 8 heteroatoms. The first-order valence-electron chi connectivity index (χ1n) is 5.73. The van der Waals surface area contributed by atoms with Crippen molar-refractivity contribution in [3.63, 3.8) is 0 Å². The SMILES string of the molecule is O=S(=O)(Nc1cccnn1)c1ccc(C#CCO)cc1F. The van der Waals surface area contributed by atoms with Crippen LogP contribution in [0.1, 0.15) is 5.56 Å². The Morgan fingerprint density at radius 2 is 2.14 bits per heavy atom. The summed E-state index contributed by atoms with van der Waals surface area (Å²) in [4.78, 5) is -0.525. The summed E-state index contributed by atoms with van der Waals surface area (Å²) < 4.78 is 40.1. The van der Waals surface area contributed by atoms with E-state index in [0.29, 0.717) is 0 Å². The number of hydrogen-bond acceptors (Lipinski definition) is 5. The molecule has 21 heavy (non-hydrogen) atoms. The van der Waals surface area contributed by atoms with Gasteiger partial charge >= 0.3 is 0 Å². The molecule has 0 bridgehead atoms. The molecule has 2 N–H and O–H groups in total. The van der Waals surface area contributed by atoms with Gasteiger partial charge in [-0.3, -0.25) is 4.72 Å². The first kappa shape index (κ1) is 14.9. The highest BCUT2D eigenvalue weighted by atomic mass is 32.2. The Balaban J connectivity index is 2.32. The van der Waals surface area contributed by atoms with E-state index in [1.807, 2.05) is 0 Å². The van der Waals surface area contributed by atoms with Crippen molar-refractivity contribution >= 4 is 15.8 Å². The average Bonchev–Trinajstić information content (AvgIpc) is 2.45. The number of aromatic nitrogens is 2. The Labute approximate surface area is 120 Å². The molecule has 0 radical (unpaired) electrons. The van der Waals surface area contributed by atoms with Gasteiger partial charge in [-0.15, -0.1) is 5.10 Å². The summed E-state index contributed by atoms with van der Waals surface area (Å²) >= 11 is 0. The Hall–Kier alpha value is -2.50. The average molecular weight is 307 g/mol. The van der Waals surface area contributed by atoms with Crippen molar-refractivity contribution in [1.82, 2.24) is 10.2 Å². The molecule has 0 saturated heterocycles. The van der Waals surface area contributed by atoms with Gasteiger partial charge < -0.3 is 5.11 Å². The van der Waals surface area contributed by atoms with Gasteiger partial charge in [-0.05, 0) is 30.3 Å². The zero-order valence-electron chi connectivity index (χ0n) is 10.6. The third-order valence-corrected chi connectivity index (χ3v) is 3.73. The van der Waals surface area contributed by atoms with Gasteiger partial charge in [-0.25, -0.2) is 12.8 Å². The lowest BCUT2D eigenvalue weighted by molar-refractivity contribution is 0.350. The topological polar surface area (TPSA) is 92.2 Å². The molecule has 1 heterocycles. The van der Waals surface area contributed by atoms with Crippen LogP contribution in [0.25, 0.3) is 0 Å². The molecule has 0 atom stereocenters. The van der Waals surface area contributed by atoms with Crippen molar-refractivity contribution in [2.45, 2.75) is 4.90 Å². The maximum absolute atomic E-state index is 13.9. The second-order valence-corrected chi connectivity index (χ2v) is 5.47. The molecule has 0 fully saturated rings. The molecule has 108 valence electrons. The van der Waals surface area contributed by atoms with Gasteiger partial charge in [0.1, 0.15) is 17.3 Å². The quantitative estimate of drug-likeness (QED) is 0.817. The second kappa shape index (κ2) is 6.30. The zero-order valence-corrected chi connectivity index (χ0v) is 11.4. The van der Waals surface area contributed by atoms with Gasteiger partial charge in [0.05, 0.1) is 0 Å². The highest BCUT2D eigenvalue weighted by Crippen LogP contribution is 2.18. The largest absolute Gasteiger partial charge is 0.384 e. The minimum absolute atomic E-state index is 0.0129. The van der Waals surface area contributed by atoms with Crippen molar-refractivity contribution < 1.29 is 17.9 Å². The van der Waals surface area contributed by atoms with Gasteiger partial charge in [0, 0.05) is 11.8 Å². The fraction of sp³-hybridized carbons (Fsp3) is 0.0769. The van der Waals surface area contributed by atoms with Crippen LogP contribution in [0, 0.1) is 17.7 Å². The van der Waals surface area contributed by atoms with E-state index in [1.54, 1.807) is 0 Å². The van der Waals surface area contributed by atoms with Crippen LogP contribution < -0.4 is 4.72 Å². The molecule has 1 aromatic heterocycles. The van der Waals surface area contributed by atoms with E-state index in [9.17, 15) is 12.8 Å². The van der Waals surface area contributed by atoms with Crippen molar-refractivity contribution in [2.75, 3.05) is 11.3 Å². The summed E-state index contributed by atoms with van der Waals surface area (Å²) in [6.07, 6.45) is 1.38. The molecule has 2 aromatic rings. The van der Waals surface area contributed by atoms with Crippen molar-refractivity contribution in [1.29, 1.82) is 0 Å². The van der Waals surface area contributed by atoms with E-state index < -0.39 is 20.7 Å². The predicted molar refractivity (Wildman–Crippen MR) is 73.2 cm³/mol. The van der Waals surface area contributed by atoms with E-state index in [1.165, 1.54) is 24.4 Å². The number of aliphatic hydroxyl groups excluding tert-OH is 1. The molecule has 0 aliphatic heterocycles. The third kappa shape index (κ3) is 3.75. The second-order valence-electron chi connectivity index (χ2n) is 3.82. The molecule has 0 amide bonds. The molecule has 0 saturated carbocycles. The number of rotatable bonds is 3. The van der Waals surface area contributed by atoms with E-state index in [-0.39, 0.29) is 18.0 Å². The fourth-order valence-corrected chi connectivity index (χ4v) is 2.54. The summed E-state index contributed by atoms with van der Waals surface area (Å²) in [5.41, 5.74) is 0.264. The smallest absolute Gasteiger partial charge is 0.266 e. The molecule has 1 aromatic carbocycles. The Morgan fingerprint density at radius 1 is 1.33 bits per heavy atom. The lowest BCUT2D eigenvalue weighted by Gasteiger charge is -2.07. The normalized spacial score (nSPS) is 10.6. The fourth-order valence-electron chi connectivity index (χ4n) is 1.49. The van der Waals surface area contributed by atoms with Gasteiger partial charge in [0.25, 0.3) is 10.0 Å². The van der Waals surface area contributed by atoms with E-state index in [2.05, 4.69) is 26.8 Å². The van der Waals surface area contributed by atoms with Crippen LogP contribution in [0.3, 0.4) is 0 Å². The molecular weight excluding hydrogens is 297 g/mol. The van der Waals surface area contributed by atoms with Crippen LogP contribution in [0.5, 0.6) is 0 Å². The van der Waals surface area contributed by atoms with Gasteiger partial charge in [-0.1, -0.05) is 11.8 Å². The molecule has 0 aliphatic carbocycles. The highest BCUT2D eigenvalue weighted by Gasteiger charge is 2.19. The number of halogens is 1. The summed E-state index contributed by atoms with van der Waals surface area (Å²) in [5, 5.41) is 15.6. The number of sulfonamides is 1. The van der Waals surface area contributed by atoms with Gasteiger partial charge in [0.2, 0.25) is 0 Å². The summed E-state index contributed by atoms with van der Waals surface area (Å²) in [5.74, 6) is 3.87. The number of hydrogen-bond donors (Lipinski definition) is 2. The number of anilines is 1. The Bertz CT molecular complexity index is 798. The maximum Gasteiger partial charge on any atom is 0.266 e. The monoisotopic (exact) mass is 307 g/mol.